The van der Waals surface area contributed by atoms with Crippen LogP contribution in [0.4, 0.5) is 11.4 Å². The third-order valence-electron chi connectivity index (χ3n) is 4.31. The molecule has 3 rings (SSSR count). The summed E-state index contributed by atoms with van der Waals surface area (Å²) in [6.45, 7) is 4.76. The SMILES string of the molecule is O=[N+]([O-])c1ccccc1OCCN1CCN(c2ccc(O)cc2)CC1. The largest absolute Gasteiger partial charge is 0.508 e. The molecule has 1 aliphatic rings. The highest BCUT2D eigenvalue weighted by molar-refractivity contribution is 5.49. The first-order chi connectivity index (χ1) is 12.1. The third-order valence-corrected chi connectivity index (χ3v) is 4.31. The number of hydrogen-bond donors (Lipinski definition) is 1. The lowest BCUT2D eigenvalue weighted by atomic mass is 10.2. The first kappa shape index (κ1) is 17.0. The molecule has 132 valence electrons. The Bertz CT molecular complexity index is 713. The van der Waals surface area contributed by atoms with Crippen LogP contribution in [0.15, 0.2) is 48.5 Å². The van der Waals surface area contributed by atoms with E-state index in [4.69, 9.17) is 4.74 Å². The molecular weight excluding hydrogens is 322 g/mol. The van der Waals surface area contributed by atoms with Crippen LogP contribution in [0.5, 0.6) is 11.5 Å². The number of nitro groups is 1. The van der Waals surface area contributed by atoms with Crippen molar-refractivity contribution >= 4 is 11.4 Å². The number of nitro benzene ring substituents is 1. The molecule has 0 amide bonds. The number of phenolic OH excluding ortho intramolecular Hbond substituents is 1. The summed E-state index contributed by atoms with van der Waals surface area (Å²) in [7, 11) is 0. The Morgan fingerprint density at radius 3 is 2.40 bits per heavy atom. The zero-order valence-corrected chi connectivity index (χ0v) is 13.9. The number of nitrogens with zero attached hydrogens (tertiary/aromatic N) is 3. The molecule has 0 unspecified atom stereocenters. The molecule has 0 aliphatic carbocycles. The van der Waals surface area contributed by atoms with E-state index in [0.29, 0.717) is 12.4 Å². The van der Waals surface area contributed by atoms with Crippen molar-refractivity contribution in [3.05, 3.63) is 58.6 Å². The molecule has 1 fully saturated rings. The first-order valence-electron chi connectivity index (χ1n) is 8.26. The normalized spacial score (nSPS) is 15.1. The maximum Gasteiger partial charge on any atom is 0.310 e. The molecule has 1 aliphatic heterocycles. The minimum absolute atomic E-state index is 0.000325. The van der Waals surface area contributed by atoms with E-state index in [0.717, 1.165) is 38.4 Å². The number of anilines is 1. The van der Waals surface area contributed by atoms with Crippen LogP contribution in [0.1, 0.15) is 0 Å². The van der Waals surface area contributed by atoms with Gasteiger partial charge in [0.25, 0.3) is 0 Å². The first-order valence-corrected chi connectivity index (χ1v) is 8.26. The van der Waals surface area contributed by atoms with Crippen LogP contribution in [-0.4, -0.2) is 54.3 Å². The molecule has 1 heterocycles. The molecule has 0 aromatic heterocycles. The van der Waals surface area contributed by atoms with Crippen LogP contribution in [-0.2, 0) is 0 Å². The summed E-state index contributed by atoms with van der Waals surface area (Å²) >= 11 is 0. The molecule has 0 atom stereocenters. The Labute approximate surface area is 146 Å². The minimum atomic E-state index is -0.425. The molecule has 2 aromatic carbocycles. The van der Waals surface area contributed by atoms with Crippen LogP contribution < -0.4 is 9.64 Å². The van der Waals surface area contributed by atoms with Gasteiger partial charge in [-0.2, -0.15) is 0 Å². The summed E-state index contributed by atoms with van der Waals surface area (Å²) in [5.41, 5.74) is 1.10. The average molecular weight is 343 g/mol. The van der Waals surface area contributed by atoms with Gasteiger partial charge < -0.3 is 14.7 Å². The Balaban J connectivity index is 1.45. The molecule has 1 N–H and O–H groups in total. The van der Waals surface area contributed by atoms with Crippen molar-refractivity contribution in [1.29, 1.82) is 0 Å². The van der Waals surface area contributed by atoms with E-state index in [-0.39, 0.29) is 11.4 Å². The maximum atomic E-state index is 11.0. The predicted molar refractivity (Wildman–Crippen MR) is 95.4 cm³/mol. The van der Waals surface area contributed by atoms with Gasteiger partial charge in [0.15, 0.2) is 5.75 Å². The van der Waals surface area contributed by atoms with Crippen molar-refractivity contribution in [1.82, 2.24) is 4.90 Å². The second-order valence-corrected chi connectivity index (χ2v) is 5.92. The summed E-state index contributed by atoms with van der Waals surface area (Å²) < 4.78 is 5.60. The number of para-hydroxylation sites is 2. The van der Waals surface area contributed by atoms with E-state index in [1.807, 2.05) is 12.1 Å². The predicted octanol–water partition coefficient (Wildman–Crippen LogP) is 2.50. The summed E-state index contributed by atoms with van der Waals surface area (Å²) in [6.07, 6.45) is 0. The van der Waals surface area contributed by atoms with Gasteiger partial charge in [-0.05, 0) is 30.3 Å². The number of piperazine rings is 1. The number of ether oxygens (including phenoxy) is 1. The molecule has 25 heavy (non-hydrogen) atoms. The van der Waals surface area contributed by atoms with E-state index in [2.05, 4.69) is 9.80 Å². The van der Waals surface area contributed by atoms with E-state index < -0.39 is 4.92 Å². The van der Waals surface area contributed by atoms with E-state index in [1.165, 1.54) is 6.07 Å². The minimum Gasteiger partial charge on any atom is -0.508 e. The maximum absolute atomic E-state index is 11.0. The standard InChI is InChI=1S/C18H21N3O4/c22-16-7-5-15(6-8-16)20-11-9-19(10-12-20)13-14-25-18-4-2-1-3-17(18)21(23)24/h1-8,22H,9-14H2. The van der Waals surface area contributed by atoms with Gasteiger partial charge in [-0.1, -0.05) is 12.1 Å². The smallest absolute Gasteiger partial charge is 0.310 e. The van der Waals surface area contributed by atoms with Crippen molar-refractivity contribution in [2.45, 2.75) is 0 Å². The summed E-state index contributed by atoms with van der Waals surface area (Å²) in [5, 5.41) is 20.3. The molecule has 0 spiro atoms. The van der Waals surface area contributed by atoms with Crippen molar-refractivity contribution in [3.63, 3.8) is 0 Å². The molecule has 2 aromatic rings. The Morgan fingerprint density at radius 2 is 1.72 bits per heavy atom. The number of hydrogen-bond acceptors (Lipinski definition) is 6. The van der Waals surface area contributed by atoms with Gasteiger partial charge in [0.1, 0.15) is 12.4 Å². The number of phenols is 1. The summed E-state index contributed by atoms with van der Waals surface area (Å²) in [4.78, 5) is 15.1. The number of benzene rings is 2. The zero-order chi connectivity index (χ0) is 17.6. The topological polar surface area (TPSA) is 79.1 Å². The summed E-state index contributed by atoms with van der Waals surface area (Å²) in [6, 6.07) is 13.7. The van der Waals surface area contributed by atoms with Crippen molar-refractivity contribution in [2.75, 3.05) is 44.2 Å². The lowest BCUT2D eigenvalue weighted by Crippen LogP contribution is -2.47. The van der Waals surface area contributed by atoms with Crippen LogP contribution in [0.25, 0.3) is 0 Å². The van der Waals surface area contributed by atoms with Gasteiger partial charge in [0.2, 0.25) is 0 Å². The van der Waals surface area contributed by atoms with Crippen LogP contribution in [0.3, 0.4) is 0 Å². The van der Waals surface area contributed by atoms with Crippen molar-refractivity contribution in [3.8, 4) is 11.5 Å². The molecule has 7 nitrogen and oxygen atoms in total. The van der Waals surface area contributed by atoms with E-state index in [1.54, 1.807) is 30.3 Å². The van der Waals surface area contributed by atoms with Crippen LogP contribution in [0, 0.1) is 10.1 Å². The Hall–Kier alpha value is -2.80. The molecule has 0 bridgehead atoms. The van der Waals surface area contributed by atoms with Gasteiger partial charge in [0.05, 0.1) is 4.92 Å². The molecule has 7 heteroatoms. The third kappa shape index (κ3) is 4.39. The van der Waals surface area contributed by atoms with Crippen molar-refractivity contribution in [2.24, 2.45) is 0 Å². The second kappa shape index (κ2) is 7.85. The lowest BCUT2D eigenvalue weighted by Gasteiger charge is -2.36. The van der Waals surface area contributed by atoms with Crippen LogP contribution >= 0.6 is 0 Å². The molecular formula is C18H21N3O4. The van der Waals surface area contributed by atoms with Gasteiger partial charge in [-0.25, -0.2) is 0 Å². The monoisotopic (exact) mass is 343 g/mol. The van der Waals surface area contributed by atoms with E-state index >= 15 is 0 Å². The lowest BCUT2D eigenvalue weighted by molar-refractivity contribution is -0.385. The highest BCUT2D eigenvalue weighted by Crippen LogP contribution is 2.25. The van der Waals surface area contributed by atoms with Crippen molar-refractivity contribution < 1.29 is 14.8 Å². The van der Waals surface area contributed by atoms with Crippen LogP contribution in [0.2, 0.25) is 0 Å². The van der Waals surface area contributed by atoms with E-state index in [9.17, 15) is 15.2 Å². The van der Waals surface area contributed by atoms with Gasteiger partial charge in [0, 0.05) is 44.5 Å². The fourth-order valence-electron chi connectivity index (χ4n) is 2.91. The molecule has 0 radical (unpaired) electrons. The summed E-state index contributed by atoms with van der Waals surface area (Å²) in [5.74, 6) is 0.588. The molecule has 0 saturated carbocycles. The average Bonchev–Trinajstić information content (AvgIpc) is 2.63. The Kier molecular flexibility index (Phi) is 5.35. The fraction of sp³-hybridized carbons (Fsp3) is 0.333. The fourth-order valence-corrected chi connectivity index (χ4v) is 2.91. The quantitative estimate of drug-likeness (QED) is 0.641. The Morgan fingerprint density at radius 1 is 1.04 bits per heavy atom. The number of aromatic hydroxyl groups is 1. The molecule has 1 saturated heterocycles. The zero-order valence-electron chi connectivity index (χ0n) is 13.9. The second-order valence-electron chi connectivity index (χ2n) is 5.92. The number of rotatable bonds is 6. The van der Waals surface area contributed by atoms with Gasteiger partial charge >= 0.3 is 5.69 Å². The van der Waals surface area contributed by atoms with Gasteiger partial charge in [-0.15, -0.1) is 0 Å². The highest BCUT2D eigenvalue weighted by atomic mass is 16.6. The van der Waals surface area contributed by atoms with Gasteiger partial charge in [-0.3, -0.25) is 15.0 Å². The highest BCUT2D eigenvalue weighted by Gasteiger charge is 2.18.